The Morgan fingerprint density at radius 2 is 1.93 bits per heavy atom. The first-order valence-corrected chi connectivity index (χ1v) is 8.84. The second-order valence-electron chi connectivity index (χ2n) is 6.95. The third-order valence-corrected chi connectivity index (χ3v) is 3.90. The van der Waals surface area contributed by atoms with E-state index in [4.69, 9.17) is 5.26 Å². The summed E-state index contributed by atoms with van der Waals surface area (Å²) in [4.78, 5) is 17.0. The quantitative estimate of drug-likeness (QED) is 0.726. The zero-order valence-corrected chi connectivity index (χ0v) is 15.8. The van der Waals surface area contributed by atoms with Gasteiger partial charge in [-0.1, -0.05) is 0 Å². The number of aromatic nitrogens is 3. The highest BCUT2D eigenvalue weighted by atomic mass is 16.1. The van der Waals surface area contributed by atoms with E-state index >= 15 is 0 Å². The standard InChI is InChI=1S/C20H22N6O/c1-12(2)24-17-8-18(22-11-16(17)20(27)25-13(3)4)19-6-5-15-7-14(9-21)10-23-26(15)19/h5-8,10-13H,1-4H3,(H,22,24)(H,25,27). The van der Waals surface area contributed by atoms with Crippen molar-refractivity contribution >= 4 is 17.1 Å². The van der Waals surface area contributed by atoms with Crippen LogP contribution in [0.2, 0.25) is 0 Å². The molecule has 7 heteroatoms. The van der Waals surface area contributed by atoms with Crippen molar-refractivity contribution in [1.82, 2.24) is 19.9 Å². The zero-order valence-electron chi connectivity index (χ0n) is 15.8. The Kier molecular flexibility index (Phi) is 5.08. The first-order valence-electron chi connectivity index (χ1n) is 8.84. The van der Waals surface area contributed by atoms with Crippen LogP contribution < -0.4 is 10.6 Å². The molecule has 0 aromatic carbocycles. The van der Waals surface area contributed by atoms with E-state index < -0.39 is 0 Å². The molecule has 2 N–H and O–H groups in total. The van der Waals surface area contributed by atoms with Crippen molar-refractivity contribution in [1.29, 1.82) is 5.26 Å². The van der Waals surface area contributed by atoms with Crippen LogP contribution in [0.4, 0.5) is 5.69 Å². The van der Waals surface area contributed by atoms with E-state index in [1.54, 1.807) is 16.8 Å². The van der Waals surface area contributed by atoms with Crippen molar-refractivity contribution in [2.75, 3.05) is 5.32 Å². The molecule has 3 heterocycles. The third-order valence-electron chi connectivity index (χ3n) is 3.90. The van der Waals surface area contributed by atoms with E-state index in [2.05, 4.69) is 26.8 Å². The van der Waals surface area contributed by atoms with Crippen LogP contribution in [0.15, 0.2) is 36.7 Å². The third kappa shape index (κ3) is 3.90. The lowest BCUT2D eigenvalue weighted by atomic mass is 10.1. The summed E-state index contributed by atoms with van der Waals surface area (Å²) in [6.45, 7) is 7.87. The number of hydrogen-bond acceptors (Lipinski definition) is 5. The van der Waals surface area contributed by atoms with Crippen LogP contribution in [-0.4, -0.2) is 32.6 Å². The summed E-state index contributed by atoms with van der Waals surface area (Å²) in [5.41, 5.74) is 4.01. The Hall–Kier alpha value is -3.40. The molecule has 0 aliphatic heterocycles. The Balaban J connectivity index is 2.07. The molecule has 0 unspecified atom stereocenters. The molecule has 7 nitrogen and oxygen atoms in total. The van der Waals surface area contributed by atoms with Gasteiger partial charge in [0.25, 0.3) is 5.91 Å². The maximum Gasteiger partial charge on any atom is 0.255 e. The van der Waals surface area contributed by atoms with Gasteiger partial charge in [-0.3, -0.25) is 9.78 Å². The van der Waals surface area contributed by atoms with Crippen LogP contribution in [-0.2, 0) is 0 Å². The van der Waals surface area contributed by atoms with Crippen molar-refractivity contribution in [2.24, 2.45) is 0 Å². The van der Waals surface area contributed by atoms with Crippen LogP contribution in [0.3, 0.4) is 0 Å². The van der Waals surface area contributed by atoms with Crippen molar-refractivity contribution in [3.05, 3.63) is 47.8 Å². The molecule has 0 spiro atoms. The molecule has 138 valence electrons. The molecule has 0 aliphatic rings. The average molecular weight is 362 g/mol. The van der Waals surface area contributed by atoms with Crippen LogP contribution in [0.25, 0.3) is 16.9 Å². The number of nitriles is 1. The van der Waals surface area contributed by atoms with Gasteiger partial charge < -0.3 is 10.6 Å². The van der Waals surface area contributed by atoms with E-state index in [9.17, 15) is 4.79 Å². The molecule has 0 saturated heterocycles. The van der Waals surface area contributed by atoms with Gasteiger partial charge in [0.05, 0.1) is 39.9 Å². The van der Waals surface area contributed by atoms with Gasteiger partial charge in [0.1, 0.15) is 6.07 Å². The highest BCUT2D eigenvalue weighted by Crippen LogP contribution is 2.26. The normalized spacial score (nSPS) is 11.0. The van der Waals surface area contributed by atoms with Crippen LogP contribution in [0.1, 0.15) is 43.6 Å². The van der Waals surface area contributed by atoms with E-state index in [0.29, 0.717) is 16.8 Å². The second-order valence-corrected chi connectivity index (χ2v) is 6.95. The smallest absolute Gasteiger partial charge is 0.255 e. The number of pyridine rings is 1. The van der Waals surface area contributed by atoms with E-state index in [1.807, 2.05) is 45.9 Å². The lowest BCUT2D eigenvalue weighted by Gasteiger charge is -2.16. The number of nitrogens with zero attached hydrogens (tertiary/aromatic N) is 4. The van der Waals surface area contributed by atoms with Crippen LogP contribution in [0, 0.1) is 11.3 Å². The van der Waals surface area contributed by atoms with Crippen molar-refractivity contribution in [2.45, 2.75) is 39.8 Å². The number of anilines is 1. The van der Waals surface area contributed by atoms with E-state index in [-0.39, 0.29) is 18.0 Å². The highest BCUT2D eigenvalue weighted by molar-refractivity contribution is 6.00. The van der Waals surface area contributed by atoms with Gasteiger partial charge in [0.2, 0.25) is 0 Å². The Morgan fingerprint density at radius 1 is 1.15 bits per heavy atom. The van der Waals surface area contributed by atoms with Gasteiger partial charge in [0.15, 0.2) is 0 Å². The molecular weight excluding hydrogens is 340 g/mol. The van der Waals surface area contributed by atoms with Gasteiger partial charge >= 0.3 is 0 Å². The molecule has 0 bridgehead atoms. The van der Waals surface area contributed by atoms with Gasteiger partial charge in [-0.25, -0.2) is 4.52 Å². The molecular formula is C20H22N6O. The number of amides is 1. The highest BCUT2D eigenvalue weighted by Gasteiger charge is 2.17. The summed E-state index contributed by atoms with van der Waals surface area (Å²) in [6, 6.07) is 9.71. The van der Waals surface area contributed by atoms with Gasteiger partial charge in [-0.05, 0) is 52.0 Å². The molecule has 1 amide bonds. The summed E-state index contributed by atoms with van der Waals surface area (Å²) in [6.07, 6.45) is 3.11. The van der Waals surface area contributed by atoms with Crippen molar-refractivity contribution < 1.29 is 4.79 Å². The maximum atomic E-state index is 12.5. The van der Waals surface area contributed by atoms with Gasteiger partial charge in [-0.2, -0.15) is 10.4 Å². The molecule has 0 saturated carbocycles. The number of nitrogens with one attached hydrogen (secondary N) is 2. The molecule has 3 rings (SSSR count). The summed E-state index contributed by atoms with van der Waals surface area (Å²) in [5, 5.41) is 19.6. The topological polar surface area (TPSA) is 95.1 Å². The molecule has 27 heavy (non-hydrogen) atoms. The van der Waals surface area contributed by atoms with E-state index in [1.165, 1.54) is 6.20 Å². The molecule has 0 atom stereocenters. The fourth-order valence-electron chi connectivity index (χ4n) is 2.80. The number of hydrogen-bond donors (Lipinski definition) is 2. The van der Waals surface area contributed by atoms with Gasteiger partial charge in [-0.15, -0.1) is 0 Å². The minimum Gasteiger partial charge on any atom is -0.382 e. The Bertz CT molecular complexity index is 1030. The predicted molar refractivity (Wildman–Crippen MR) is 104 cm³/mol. The lowest BCUT2D eigenvalue weighted by molar-refractivity contribution is 0.0943. The summed E-state index contributed by atoms with van der Waals surface area (Å²) < 4.78 is 1.73. The van der Waals surface area contributed by atoms with Crippen molar-refractivity contribution in [3.8, 4) is 17.5 Å². The van der Waals surface area contributed by atoms with Gasteiger partial charge in [0, 0.05) is 18.3 Å². The number of fused-ring (bicyclic) bond motifs is 1. The molecule has 0 fully saturated rings. The minimum absolute atomic E-state index is 0.0391. The Morgan fingerprint density at radius 3 is 2.59 bits per heavy atom. The molecule has 0 radical (unpaired) electrons. The zero-order chi connectivity index (χ0) is 19.6. The maximum absolute atomic E-state index is 12.5. The summed E-state index contributed by atoms with van der Waals surface area (Å²) in [7, 11) is 0. The van der Waals surface area contributed by atoms with Crippen molar-refractivity contribution in [3.63, 3.8) is 0 Å². The Labute approximate surface area is 158 Å². The van der Waals surface area contributed by atoms with Crippen LogP contribution in [0.5, 0.6) is 0 Å². The summed E-state index contributed by atoms with van der Waals surface area (Å²) in [5.74, 6) is -0.163. The number of carbonyl (C=O) groups is 1. The molecule has 0 aliphatic carbocycles. The molecule has 3 aromatic heterocycles. The van der Waals surface area contributed by atoms with Crippen LogP contribution >= 0.6 is 0 Å². The second kappa shape index (κ2) is 7.46. The van der Waals surface area contributed by atoms with E-state index in [0.717, 1.165) is 16.9 Å². The SMILES string of the molecule is CC(C)NC(=O)c1cnc(-c2ccc3cc(C#N)cnn23)cc1NC(C)C. The average Bonchev–Trinajstić information content (AvgIpc) is 3.03. The fraction of sp³-hybridized carbons (Fsp3) is 0.300. The minimum atomic E-state index is -0.163. The largest absolute Gasteiger partial charge is 0.382 e. The lowest BCUT2D eigenvalue weighted by Crippen LogP contribution is -2.31. The molecule has 3 aromatic rings. The fourth-order valence-corrected chi connectivity index (χ4v) is 2.80. The predicted octanol–water partition coefficient (Wildman–Crippen LogP) is 3.23. The monoisotopic (exact) mass is 362 g/mol. The summed E-state index contributed by atoms with van der Waals surface area (Å²) >= 11 is 0. The first kappa shape index (κ1) is 18.4. The number of rotatable bonds is 5. The first-order chi connectivity index (χ1) is 12.9. The number of carbonyl (C=O) groups excluding carboxylic acids is 1.